The van der Waals surface area contributed by atoms with Crippen LogP contribution in [-0.4, -0.2) is 22.6 Å². The molecule has 31 heavy (non-hydrogen) atoms. The van der Waals surface area contributed by atoms with Crippen LogP contribution in [0.5, 0.6) is 0 Å². The summed E-state index contributed by atoms with van der Waals surface area (Å²) in [6.07, 6.45) is 2.05. The molecule has 0 aliphatic heterocycles. The Kier molecular flexibility index (Phi) is 5.80. The van der Waals surface area contributed by atoms with E-state index in [-0.39, 0.29) is 11.8 Å². The average molecular weight is 412 g/mol. The number of hydrazone groups is 1. The van der Waals surface area contributed by atoms with E-state index in [1.54, 1.807) is 37.4 Å². The topological polar surface area (TPSA) is 75.5 Å². The number of carbonyl (C=O) groups excluding carboxylic acids is 2. The quantitative estimate of drug-likeness (QED) is 0.348. The Morgan fingerprint density at radius 3 is 2.42 bits per heavy atom. The lowest BCUT2D eigenvalue weighted by molar-refractivity contribution is -0.115. The fourth-order valence-electron chi connectivity index (χ4n) is 3.68. The highest BCUT2D eigenvalue weighted by atomic mass is 16.2. The van der Waals surface area contributed by atoms with E-state index in [4.69, 9.17) is 0 Å². The van der Waals surface area contributed by atoms with Crippen LogP contribution < -0.4 is 10.7 Å². The molecule has 0 saturated carbocycles. The first kappa shape index (κ1) is 20.3. The number of hydrogen-bond acceptors (Lipinski definition) is 3. The molecular weight excluding hydrogens is 388 g/mol. The third-order valence-electron chi connectivity index (χ3n) is 5.24. The summed E-state index contributed by atoms with van der Waals surface area (Å²) in [6.45, 7) is 4.82. The number of aromatic nitrogens is 1. The minimum absolute atomic E-state index is 0.0687. The van der Waals surface area contributed by atoms with Gasteiger partial charge in [-0.05, 0) is 55.0 Å². The molecule has 0 radical (unpaired) electrons. The maximum absolute atomic E-state index is 12.3. The third-order valence-corrected chi connectivity index (χ3v) is 5.24. The number of para-hydroxylation sites is 1. The molecule has 2 amide bonds. The summed E-state index contributed by atoms with van der Waals surface area (Å²) in [4.78, 5) is 23.8. The Morgan fingerprint density at radius 1 is 0.935 bits per heavy atom. The Morgan fingerprint density at radius 2 is 1.68 bits per heavy atom. The van der Waals surface area contributed by atoms with E-state index in [0.717, 1.165) is 17.5 Å². The Bertz CT molecular complexity index is 1290. The highest BCUT2D eigenvalue weighted by molar-refractivity contribution is 6.09. The largest absolute Gasteiger partial charge is 0.341 e. The number of rotatable bonds is 6. The molecule has 0 bridgehead atoms. The molecule has 2 N–H and O–H groups in total. The predicted molar refractivity (Wildman–Crippen MR) is 126 cm³/mol. The van der Waals surface area contributed by atoms with Crippen molar-refractivity contribution in [3.63, 3.8) is 0 Å². The average Bonchev–Trinajstić information content (AvgIpc) is 3.12. The molecule has 0 fully saturated rings. The number of hydrogen-bond donors (Lipinski definition) is 2. The first-order chi connectivity index (χ1) is 15.1. The highest BCUT2D eigenvalue weighted by Gasteiger charge is 2.09. The fourth-order valence-corrected chi connectivity index (χ4v) is 3.68. The number of fused-ring (bicyclic) bond motifs is 3. The second-order valence-electron chi connectivity index (χ2n) is 7.22. The van der Waals surface area contributed by atoms with Gasteiger partial charge in [0, 0.05) is 46.0 Å². The summed E-state index contributed by atoms with van der Waals surface area (Å²) >= 11 is 0. The number of amides is 2. The van der Waals surface area contributed by atoms with Gasteiger partial charge in [0.1, 0.15) is 0 Å². The van der Waals surface area contributed by atoms with Crippen LogP contribution in [0.1, 0.15) is 36.2 Å². The van der Waals surface area contributed by atoms with Crippen molar-refractivity contribution in [2.75, 3.05) is 5.32 Å². The van der Waals surface area contributed by atoms with Crippen molar-refractivity contribution in [1.29, 1.82) is 0 Å². The maximum atomic E-state index is 12.3. The molecule has 0 saturated heterocycles. The number of anilines is 1. The summed E-state index contributed by atoms with van der Waals surface area (Å²) in [7, 11) is 0. The molecule has 6 nitrogen and oxygen atoms in total. The van der Waals surface area contributed by atoms with E-state index in [9.17, 15) is 9.59 Å². The van der Waals surface area contributed by atoms with Crippen molar-refractivity contribution in [2.24, 2.45) is 5.10 Å². The third kappa shape index (κ3) is 4.19. The molecule has 3 aromatic carbocycles. The highest BCUT2D eigenvalue weighted by Crippen LogP contribution is 2.29. The first-order valence-corrected chi connectivity index (χ1v) is 10.3. The lowest BCUT2D eigenvalue weighted by Crippen LogP contribution is -2.17. The summed E-state index contributed by atoms with van der Waals surface area (Å²) in [5, 5.41) is 9.24. The zero-order valence-electron chi connectivity index (χ0n) is 17.6. The van der Waals surface area contributed by atoms with Gasteiger partial charge in [-0.2, -0.15) is 5.10 Å². The van der Waals surface area contributed by atoms with E-state index in [1.807, 2.05) is 12.1 Å². The van der Waals surface area contributed by atoms with Crippen LogP contribution >= 0.6 is 0 Å². The van der Waals surface area contributed by atoms with Crippen LogP contribution in [0.2, 0.25) is 0 Å². The van der Waals surface area contributed by atoms with Gasteiger partial charge in [-0.3, -0.25) is 9.59 Å². The predicted octanol–water partition coefficient (Wildman–Crippen LogP) is 4.93. The molecule has 1 aromatic heterocycles. The zero-order valence-corrected chi connectivity index (χ0v) is 17.6. The van der Waals surface area contributed by atoms with E-state index in [1.165, 1.54) is 16.4 Å². The lowest BCUT2D eigenvalue weighted by Gasteiger charge is -2.05. The van der Waals surface area contributed by atoms with E-state index in [2.05, 4.69) is 57.7 Å². The lowest BCUT2D eigenvalue weighted by atomic mass is 10.1. The van der Waals surface area contributed by atoms with Crippen LogP contribution in [-0.2, 0) is 11.3 Å². The molecule has 156 valence electrons. The molecule has 0 aliphatic rings. The monoisotopic (exact) mass is 412 g/mol. The summed E-state index contributed by atoms with van der Waals surface area (Å²) in [5.74, 6) is -0.380. The minimum atomic E-state index is -0.312. The van der Waals surface area contributed by atoms with Gasteiger partial charge >= 0.3 is 0 Å². The van der Waals surface area contributed by atoms with E-state index >= 15 is 0 Å². The fraction of sp³-hybridized carbons (Fsp3) is 0.160. The standard InChI is InChI=1S/C25H24N4O2/c1-3-24(30)27-19-12-10-18(11-13-19)25(31)28-26-16-17-9-14-23-21(15-17)20-7-5-6-8-22(20)29(23)4-2/h5-16H,3-4H2,1-2H3,(H,27,30)(H,28,31). The van der Waals surface area contributed by atoms with Gasteiger partial charge in [-0.1, -0.05) is 31.2 Å². The Labute approximate surface area is 180 Å². The van der Waals surface area contributed by atoms with Gasteiger partial charge in [-0.25, -0.2) is 5.43 Å². The summed E-state index contributed by atoms with van der Waals surface area (Å²) in [5.41, 5.74) is 6.98. The van der Waals surface area contributed by atoms with Gasteiger partial charge in [0.15, 0.2) is 0 Å². The van der Waals surface area contributed by atoms with Gasteiger partial charge in [0.2, 0.25) is 5.91 Å². The van der Waals surface area contributed by atoms with Gasteiger partial charge in [-0.15, -0.1) is 0 Å². The van der Waals surface area contributed by atoms with Gasteiger partial charge in [0.25, 0.3) is 5.91 Å². The smallest absolute Gasteiger partial charge is 0.271 e. The molecule has 6 heteroatoms. The van der Waals surface area contributed by atoms with Crippen molar-refractivity contribution in [3.8, 4) is 0 Å². The van der Waals surface area contributed by atoms with Crippen LogP contribution in [0.15, 0.2) is 71.8 Å². The molecular formula is C25H24N4O2. The minimum Gasteiger partial charge on any atom is -0.341 e. The molecule has 1 heterocycles. The normalized spacial score (nSPS) is 11.3. The SMILES string of the molecule is CCC(=O)Nc1ccc(C(=O)NN=Cc2ccc3c(c2)c2ccccc2n3CC)cc1. The molecule has 0 spiro atoms. The summed E-state index contributed by atoms with van der Waals surface area (Å²) < 4.78 is 2.29. The molecule has 0 unspecified atom stereocenters. The van der Waals surface area contributed by atoms with Crippen LogP contribution in [0, 0.1) is 0 Å². The van der Waals surface area contributed by atoms with Crippen molar-refractivity contribution in [3.05, 3.63) is 77.9 Å². The second-order valence-corrected chi connectivity index (χ2v) is 7.22. The van der Waals surface area contributed by atoms with Crippen molar-refractivity contribution < 1.29 is 9.59 Å². The maximum Gasteiger partial charge on any atom is 0.271 e. The van der Waals surface area contributed by atoms with Gasteiger partial charge < -0.3 is 9.88 Å². The number of carbonyl (C=O) groups is 2. The molecule has 0 atom stereocenters. The van der Waals surface area contributed by atoms with Crippen LogP contribution in [0.3, 0.4) is 0 Å². The Balaban J connectivity index is 1.49. The van der Waals surface area contributed by atoms with Crippen LogP contribution in [0.25, 0.3) is 21.8 Å². The molecule has 4 rings (SSSR count). The zero-order chi connectivity index (χ0) is 21.8. The van der Waals surface area contributed by atoms with Gasteiger partial charge in [0.05, 0.1) is 6.21 Å². The van der Waals surface area contributed by atoms with E-state index < -0.39 is 0 Å². The molecule has 4 aromatic rings. The number of benzene rings is 3. The number of aryl methyl sites for hydroxylation is 1. The van der Waals surface area contributed by atoms with Crippen molar-refractivity contribution in [1.82, 2.24) is 9.99 Å². The molecule has 0 aliphatic carbocycles. The van der Waals surface area contributed by atoms with Crippen molar-refractivity contribution in [2.45, 2.75) is 26.8 Å². The Hall–Kier alpha value is -3.93. The number of nitrogens with zero attached hydrogens (tertiary/aromatic N) is 2. The van der Waals surface area contributed by atoms with E-state index in [0.29, 0.717) is 17.7 Å². The number of nitrogens with one attached hydrogen (secondary N) is 2. The first-order valence-electron chi connectivity index (χ1n) is 10.3. The van der Waals surface area contributed by atoms with Crippen molar-refractivity contribution >= 4 is 45.5 Å². The summed E-state index contributed by atoms with van der Waals surface area (Å²) in [6, 6.07) is 21.2. The van der Waals surface area contributed by atoms with Crippen LogP contribution in [0.4, 0.5) is 5.69 Å². The second kappa shape index (κ2) is 8.83.